The molecular formula is C15H29NO. The Hall–Kier alpha value is -0.0800. The van der Waals surface area contributed by atoms with Crippen LogP contribution in [0.15, 0.2) is 0 Å². The van der Waals surface area contributed by atoms with Crippen LogP contribution in [0.1, 0.15) is 64.7 Å². The van der Waals surface area contributed by atoms with Gasteiger partial charge in [-0.2, -0.15) is 0 Å². The van der Waals surface area contributed by atoms with Crippen molar-refractivity contribution in [3.05, 3.63) is 0 Å². The summed E-state index contributed by atoms with van der Waals surface area (Å²) in [6.45, 7) is 4.23. The van der Waals surface area contributed by atoms with Gasteiger partial charge in [-0.25, -0.2) is 0 Å². The van der Waals surface area contributed by atoms with Gasteiger partial charge in [0.15, 0.2) is 0 Å². The largest absolute Gasteiger partial charge is 0.380 e. The van der Waals surface area contributed by atoms with Crippen molar-refractivity contribution in [2.75, 3.05) is 13.2 Å². The maximum Gasteiger partial charge on any atom is 0.0619 e. The quantitative estimate of drug-likeness (QED) is 0.758. The number of ether oxygens (including phenoxy) is 1. The van der Waals surface area contributed by atoms with Crippen LogP contribution in [0.4, 0.5) is 0 Å². The molecule has 17 heavy (non-hydrogen) atoms. The molecule has 0 spiro atoms. The molecule has 1 saturated carbocycles. The van der Waals surface area contributed by atoms with Gasteiger partial charge in [-0.05, 0) is 38.0 Å². The van der Waals surface area contributed by atoms with Crippen molar-refractivity contribution in [1.82, 2.24) is 5.32 Å². The zero-order chi connectivity index (χ0) is 11.9. The zero-order valence-electron chi connectivity index (χ0n) is 11.4. The maximum absolute atomic E-state index is 5.55. The van der Waals surface area contributed by atoms with Crippen molar-refractivity contribution >= 4 is 0 Å². The second-order valence-electron chi connectivity index (χ2n) is 5.94. The van der Waals surface area contributed by atoms with Crippen LogP contribution in [0, 0.1) is 5.92 Å². The van der Waals surface area contributed by atoms with E-state index in [1.54, 1.807) is 0 Å². The Balaban J connectivity index is 1.70. The van der Waals surface area contributed by atoms with E-state index < -0.39 is 0 Å². The Morgan fingerprint density at radius 2 is 1.88 bits per heavy atom. The molecule has 1 heterocycles. The lowest BCUT2D eigenvalue weighted by molar-refractivity contribution is 0.0655. The molecule has 3 unspecified atom stereocenters. The first-order valence-corrected chi connectivity index (χ1v) is 7.72. The highest BCUT2D eigenvalue weighted by molar-refractivity contribution is 4.80. The standard InChI is InChI=1S/C15H29NO/c1-2-5-13-6-3-7-14(10-9-13)16-15-8-4-11-17-12-15/h13-16H,2-12H2,1H3. The third kappa shape index (κ3) is 4.59. The summed E-state index contributed by atoms with van der Waals surface area (Å²) in [5.74, 6) is 1.01. The van der Waals surface area contributed by atoms with Gasteiger partial charge in [0.25, 0.3) is 0 Å². The monoisotopic (exact) mass is 239 g/mol. The molecule has 100 valence electrons. The molecular weight excluding hydrogens is 210 g/mol. The van der Waals surface area contributed by atoms with E-state index >= 15 is 0 Å². The average molecular weight is 239 g/mol. The van der Waals surface area contributed by atoms with Crippen LogP contribution in [0.5, 0.6) is 0 Å². The van der Waals surface area contributed by atoms with E-state index in [1.807, 2.05) is 0 Å². The summed E-state index contributed by atoms with van der Waals surface area (Å²) in [4.78, 5) is 0. The Morgan fingerprint density at radius 3 is 2.65 bits per heavy atom. The van der Waals surface area contributed by atoms with Crippen LogP contribution in [0.3, 0.4) is 0 Å². The fraction of sp³-hybridized carbons (Fsp3) is 1.00. The van der Waals surface area contributed by atoms with Gasteiger partial charge in [-0.15, -0.1) is 0 Å². The SMILES string of the molecule is CCCC1CCCC(NC2CCCOC2)CC1. The van der Waals surface area contributed by atoms with E-state index in [4.69, 9.17) is 4.74 Å². The molecule has 1 N–H and O–H groups in total. The average Bonchev–Trinajstić information content (AvgIpc) is 2.57. The van der Waals surface area contributed by atoms with E-state index in [0.717, 1.165) is 25.2 Å². The van der Waals surface area contributed by atoms with Gasteiger partial charge in [0.1, 0.15) is 0 Å². The van der Waals surface area contributed by atoms with Gasteiger partial charge in [0, 0.05) is 18.7 Å². The fourth-order valence-electron chi connectivity index (χ4n) is 3.45. The normalized spacial score (nSPS) is 35.5. The molecule has 0 aromatic carbocycles. The van der Waals surface area contributed by atoms with Crippen LogP contribution in [-0.2, 0) is 4.74 Å². The highest BCUT2D eigenvalue weighted by Gasteiger charge is 2.22. The third-order valence-corrected chi connectivity index (χ3v) is 4.42. The summed E-state index contributed by atoms with van der Waals surface area (Å²) in [6.07, 6.45) is 12.5. The predicted octanol–water partition coefficient (Wildman–Crippen LogP) is 3.50. The predicted molar refractivity (Wildman–Crippen MR) is 72.2 cm³/mol. The van der Waals surface area contributed by atoms with Gasteiger partial charge in [0.2, 0.25) is 0 Å². The second-order valence-corrected chi connectivity index (χ2v) is 5.94. The van der Waals surface area contributed by atoms with Crippen LogP contribution in [0.2, 0.25) is 0 Å². The van der Waals surface area contributed by atoms with Crippen molar-refractivity contribution in [1.29, 1.82) is 0 Å². The Labute approximate surface area is 107 Å². The highest BCUT2D eigenvalue weighted by atomic mass is 16.5. The summed E-state index contributed by atoms with van der Waals surface area (Å²) >= 11 is 0. The first-order valence-electron chi connectivity index (χ1n) is 7.72. The molecule has 2 nitrogen and oxygen atoms in total. The van der Waals surface area contributed by atoms with Crippen LogP contribution in [0.25, 0.3) is 0 Å². The van der Waals surface area contributed by atoms with Crippen molar-refractivity contribution in [2.24, 2.45) is 5.92 Å². The fourth-order valence-corrected chi connectivity index (χ4v) is 3.45. The van der Waals surface area contributed by atoms with Gasteiger partial charge >= 0.3 is 0 Å². The van der Waals surface area contributed by atoms with Crippen LogP contribution < -0.4 is 5.32 Å². The van der Waals surface area contributed by atoms with E-state index in [1.165, 1.54) is 57.8 Å². The molecule has 0 radical (unpaired) electrons. The van der Waals surface area contributed by atoms with Gasteiger partial charge in [0.05, 0.1) is 6.61 Å². The Kier molecular flexibility index (Phi) is 5.79. The van der Waals surface area contributed by atoms with Crippen molar-refractivity contribution in [2.45, 2.75) is 76.8 Å². The van der Waals surface area contributed by atoms with E-state index in [0.29, 0.717) is 6.04 Å². The van der Waals surface area contributed by atoms with E-state index in [9.17, 15) is 0 Å². The zero-order valence-corrected chi connectivity index (χ0v) is 11.4. The molecule has 0 amide bonds. The van der Waals surface area contributed by atoms with Crippen molar-refractivity contribution in [3.8, 4) is 0 Å². The van der Waals surface area contributed by atoms with Crippen molar-refractivity contribution < 1.29 is 4.74 Å². The van der Waals surface area contributed by atoms with E-state index in [2.05, 4.69) is 12.2 Å². The molecule has 2 rings (SSSR count). The Bertz CT molecular complexity index is 201. The number of rotatable bonds is 4. The minimum absolute atomic E-state index is 0.636. The number of hydrogen-bond donors (Lipinski definition) is 1. The highest BCUT2D eigenvalue weighted by Crippen LogP contribution is 2.27. The number of hydrogen-bond acceptors (Lipinski definition) is 2. The lowest BCUT2D eigenvalue weighted by Crippen LogP contribution is -2.43. The van der Waals surface area contributed by atoms with Gasteiger partial charge in [-0.1, -0.05) is 32.6 Å². The summed E-state index contributed by atoms with van der Waals surface area (Å²) < 4.78 is 5.55. The lowest BCUT2D eigenvalue weighted by Gasteiger charge is -2.28. The summed E-state index contributed by atoms with van der Waals surface area (Å²) in [5.41, 5.74) is 0. The minimum atomic E-state index is 0.636. The second kappa shape index (κ2) is 7.38. The Morgan fingerprint density at radius 1 is 1.00 bits per heavy atom. The third-order valence-electron chi connectivity index (χ3n) is 4.42. The topological polar surface area (TPSA) is 21.3 Å². The van der Waals surface area contributed by atoms with Crippen LogP contribution >= 0.6 is 0 Å². The van der Waals surface area contributed by atoms with Gasteiger partial charge < -0.3 is 10.1 Å². The first kappa shape index (κ1) is 13.4. The lowest BCUT2D eigenvalue weighted by atomic mass is 9.95. The smallest absolute Gasteiger partial charge is 0.0619 e. The molecule has 0 aromatic rings. The van der Waals surface area contributed by atoms with Crippen LogP contribution in [-0.4, -0.2) is 25.3 Å². The molecule has 1 aliphatic carbocycles. The molecule has 0 aromatic heterocycles. The molecule has 3 atom stereocenters. The molecule has 1 saturated heterocycles. The molecule has 2 heteroatoms. The summed E-state index contributed by atoms with van der Waals surface area (Å²) in [7, 11) is 0. The maximum atomic E-state index is 5.55. The van der Waals surface area contributed by atoms with Crippen molar-refractivity contribution in [3.63, 3.8) is 0 Å². The molecule has 1 aliphatic heterocycles. The minimum Gasteiger partial charge on any atom is -0.380 e. The van der Waals surface area contributed by atoms with E-state index in [-0.39, 0.29) is 0 Å². The molecule has 2 fully saturated rings. The summed E-state index contributed by atoms with van der Waals surface area (Å²) in [6, 6.07) is 1.40. The summed E-state index contributed by atoms with van der Waals surface area (Å²) in [5, 5.41) is 3.84. The van der Waals surface area contributed by atoms with Gasteiger partial charge in [-0.3, -0.25) is 0 Å². The molecule has 0 bridgehead atoms. The first-order chi connectivity index (χ1) is 8.38. The molecule has 2 aliphatic rings. The number of nitrogens with one attached hydrogen (secondary N) is 1.